The fourth-order valence-corrected chi connectivity index (χ4v) is 4.28. The molecule has 3 nitrogen and oxygen atoms in total. The summed E-state index contributed by atoms with van der Waals surface area (Å²) >= 11 is 0.0123. The van der Waals surface area contributed by atoms with E-state index in [1.807, 2.05) is 85.8 Å². The van der Waals surface area contributed by atoms with E-state index in [1.165, 1.54) is 4.46 Å². The van der Waals surface area contributed by atoms with Gasteiger partial charge in [0.1, 0.15) is 0 Å². The van der Waals surface area contributed by atoms with Gasteiger partial charge in [-0.25, -0.2) is 0 Å². The van der Waals surface area contributed by atoms with Gasteiger partial charge in [0.2, 0.25) is 0 Å². The summed E-state index contributed by atoms with van der Waals surface area (Å²) in [5.41, 5.74) is 1.96. The molecular formula is C26H25NO2Se. The molecule has 0 aliphatic carbocycles. The average molecular weight is 462 g/mol. The molecule has 0 saturated heterocycles. The van der Waals surface area contributed by atoms with Crippen molar-refractivity contribution in [2.24, 2.45) is 0 Å². The zero-order chi connectivity index (χ0) is 21.0. The van der Waals surface area contributed by atoms with Gasteiger partial charge in [0.15, 0.2) is 0 Å². The van der Waals surface area contributed by atoms with Gasteiger partial charge in [-0.3, -0.25) is 0 Å². The molecule has 0 spiro atoms. The Morgan fingerprint density at radius 1 is 0.933 bits per heavy atom. The first kappa shape index (κ1) is 21.9. The number of rotatable bonds is 8. The Hall–Kier alpha value is -2.83. The minimum absolute atomic E-state index is 0.0123. The van der Waals surface area contributed by atoms with Crippen LogP contribution >= 0.6 is 0 Å². The fraction of sp³-hybridized carbons (Fsp3) is 0.192. The van der Waals surface area contributed by atoms with Crippen LogP contribution in [-0.4, -0.2) is 33.6 Å². The summed E-state index contributed by atoms with van der Waals surface area (Å²) in [7, 11) is 0. The Morgan fingerprint density at radius 2 is 1.53 bits per heavy atom. The van der Waals surface area contributed by atoms with Gasteiger partial charge in [-0.15, -0.1) is 0 Å². The van der Waals surface area contributed by atoms with E-state index >= 15 is 0 Å². The summed E-state index contributed by atoms with van der Waals surface area (Å²) < 4.78 is 7.15. The number of amides is 1. The molecule has 0 aliphatic heterocycles. The average Bonchev–Trinajstić information content (AvgIpc) is 2.80. The van der Waals surface area contributed by atoms with E-state index < -0.39 is 12.0 Å². The third kappa shape index (κ3) is 6.61. The maximum absolute atomic E-state index is 13.2. The topological polar surface area (TPSA) is 38.3 Å². The molecular weight excluding hydrogens is 437 g/mol. The van der Waals surface area contributed by atoms with Gasteiger partial charge in [-0.2, -0.15) is 0 Å². The molecule has 3 aromatic carbocycles. The van der Waals surface area contributed by atoms with Crippen LogP contribution in [0.25, 0.3) is 0 Å². The van der Waals surface area contributed by atoms with E-state index in [4.69, 9.17) is 4.74 Å². The van der Waals surface area contributed by atoms with Crippen molar-refractivity contribution in [1.82, 2.24) is 5.32 Å². The molecule has 0 heterocycles. The van der Waals surface area contributed by atoms with E-state index in [0.29, 0.717) is 13.2 Å². The van der Waals surface area contributed by atoms with Crippen LogP contribution in [0, 0.1) is 10.7 Å². The molecule has 2 unspecified atom stereocenters. The van der Waals surface area contributed by atoms with Crippen LogP contribution < -0.4 is 9.78 Å². The summed E-state index contributed by atoms with van der Waals surface area (Å²) in [6.45, 7) is 2.90. The number of benzene rings is 3. The van der Waals surface area contributed by atoms with Crippen molar-refractivity contribution in [2.75, 3.05) is 6.61 Å². The van der Waals surface area contributed by atoms with Crippen LogP contribution in [-0.2, 0) is 16.1 Å². The Labute approximate surface area is 185 Å². The normalized spacial score (nSPS) is 12.3. The second-order valence-electron chi connectivity index (χ2n) is 6.63. The van der Waals surface area contributed by atoms with Crippen molar-refractivity contribution < 1.29 is 9.53 Å². The van der Waals surface area contributed by atoms with Crippen molar-refractivity contribution in [3.63, 3.8) is 0 Å². The molecule has 0 fully saturated rings. The summed E-state index contributed by atoms with van der Waals surface area (Å²) in [4.78, 5) is 16.5. The molecule has 1 N–H and O–H groups in total. The molecule has 0 saturated carbocycles. The van der Waals surface area contributed by atoms with Gasteiger partial charge in [0.05, 0.1) is 0 Å². The molecule has 4 heteroatoms. The van der Waals surface area contributed by atoms with Crippen LogP contribution in [0.1, 0.15) is 24.0 Å². The predicted octanol–water partition coefficient (Wildman–Crippen LogP) is 3.48. The number of hydrogen-bond acceptors (Lipinski definition) is 2. The first-order chi connectivity index (χ1) is 14.8. The van der Waals surface area contributed by atoms with Gasteiger partial charge in [0.25, 0.3) is 0 Å². The standard InChI is InChI=1S/C26H25NO2Se/c1-2-29-24(18-19-30-23-16-10-5-11-17-23)25(22-14-8-4-9-15-22)26(28)27-20-21-12-6-3-7-13-21/h3-17,24-25H,2,20H2,1H3,(H,27,28). The Morgan fingerprint density at radius 3 is 2.17 bits per heavy atom. The molecule has 0 radical (unpaired) electrons. The summed E-state index contributed by atoms with van der Waals surface area (Å²) in [5.74, 6) is 2.67. The summed E-state index contributed by atoms with van der Waals surface area (Å²) in [6, 6.07) is 29.8. The SMILES string of the molecule is CCOC(C#C[Se]c1ccccc1)C(C(=O)NCc1ccccc1)c1ccccc1. The van der Waals surface area contributed by atoms with Gasteiger partial charge in [-0.1, -0.05) is 0 Å². The van der Waals surface area contributed by atoms with Crippen LogP contribution in [0.4, 0.5) is 0 Å². The molecule has 0 bridgehead atoms. The van der Waals surface area contributed by atoms with E-state index in [0.717, 1.165) is 11.1 Å². The minimum atomic E-state index is -0.501. The number of nitrogens with one attached hydrogen (secondary N) is 1. The first-order valence-corrected chi connectivity index (χ1v) is 11.7. The van der Waals surface area contributed by atoms with Crippen LogP contribution in [0.15, 0.2) is 91.0 Å². The monoisotopic (exact) mass is 463 g/mol. The van der Waals surface area contributed by atoms with Crippen LogP contribution in [0.2, 0.25) is 0 Å². The van der Waals surface area contributed by atoms with E-state index in [1.54, 1.807) is 0 Å². The van der Waals surface area contributed by atoms with Crippen molar-refractivity contribution in [2.45, 2.75) is 25.5 Å². The molecule has 152 valence electrons. The van der Waals surface area contributed by atoms with E-state index in [2.05, 4.69) is 28.2 Å². The Bertz CT molecular complexity index is 965. The van der Waals surface area contributed by atoms with Crippen molar-refractivity contribution in [3.8, 4) is 10.7 Å². The number of ether oxygens (including phenoxy) is 1. The second-order valence-corrected chi connectivity index (χ2v) is 8.47. The number of carbonyl (C=O) groups is 1. The second kappa shape index (κ2) is 12.0. The maximum atomic E-state index is 13.2. The molecule has 0 aromatic heterocycles. The van der Waals surface area contributed by atoms with Crippen molar-refractivity contribution in [3.05, 3.63) is 102 Å². The van der Waals surface area contributed by atoms with Crippen molar-refractivity contribution >= 4 is 25.3 Å². The fourth-order valence-electron chi connectivity index (χ4n) is 3.05. The van der Waals surface area contributed by atoms with Crippen molar-refractivity contribution in [1.29, 1.82) is 0 Å². The third-order valence-corrected chi connectivity index (χ3v) is 6.04. The van der Waals surface area contributed by atoms with Gasteiger partial charge >= 0.3 is 185 Å². The summed E-state index contributed by atoms with van der Waals surface area (Å²) in [6.07, 6.45) is -0.501. The molecule has 1 amide bonds. The van der Waals surface area contributed by atoms with Crippen LogP contribution in [0.5, 0.6) is 0 Å². The predicted molar refractivity (Wildman–Crippen MR) is 122 cm³/mol. The zero-order valence-electron chi connectivity index (χ0n) is 17.0. The molecule has 30 heavy (non-hydrogen) atoms. The molecule has 2 atom stereocenters. The van der Waals surface area contributed by atoms with Crippen LogP contribution in [0.3, 0.4) is 0 Å². The molecule has 3 rings (SSSR count). The Kier molecular flexibility index (Phi) is 8.75. The Balaban J connectivity index is 1.80. The van der Waals surface area contributed by atoms with Gasteiger partial charge < -0.3 is 0 Å². The number of carbonyl (C=O) groups excluding carboxylic acids is 1. The summed E-state index contributed by atoms with van der Waals surface area (Å²) in [5, 5.41) is 3.06. The van der Waals surface area contributed by atoms with Gasteiger partial charge in [0, 0.05) is 0 Å². The van der Waals surface area contributed by atoms with E-state index in [9.17, 15) is 4.79 Å². The zero-order valence-corrected chi connectivity index (χ0v) is 18.7. The molecule has 3 aromatic rings. The first-order valence-electron chi connectivity index (χ1n) is 9.98. The third-order valence-electron chi connectivity index (χ3n) is 4.51. The van der Waals surface area contributed by atoms with Gasteiger partial charge in [-0.05, 0) is 0 Å². The van der Waals surface area contributed by atoms with E-state index in [-0.39, 0.29) is 20.9 Å². The number of hydrogen-bond donors (Lipinski definition) is 1. The quantitative estimate of drug-likeness (QED) is 0.411. The molecule has 0 aliphatic rings.